The molecule has 6 nitrogen and oxygen atoms in total. The Kier molecular flexibility index (Phi) is 4.14. The molecule has 2 rings (SSSR count). The van der Waals surface area contributed by atoms with Crippen LogP contribution in [0.2, 0.25) is 0 Å². The number of aromatic nitrogens is 2. The van der Waals surface area contributed by atoms with Gasteiger partial charge in [0.05, 0.1) is 0 Å². The number of carboxylic acids is 1. The minimum absolute atomic E-state index is 0.0243. The zero-order valence-corrected chi connectivity index (χ0v) is 11.0. The lowest BCUT2D eigenvalue weighted by atomic mass is 10.1. The molecular formula is C14H15N3O3. The number of benzene rings is 1. The number of carboxylic acid groups (broad SMARTS) is 1. The Bertz CT molecular complexity index is 634. The molecule has 1 aromatic carbocycles. The van der Waals surface area contributed by atoms with Crippen LogP contribution in [0.25, 0.3) is 0 Å². The molecule has 0 saturated carbocycles. The van der Waals surface area contributed by atoms with Crippen molar-refractivity contribution in [2.75, 3.05) is 5.32 Å². The van der Waals surface area contributed by atoms with Gasteiger partial charge in [0.1, 0.15) is 0 Å². The first kappa shape index (κ1) is 13.8. The second kappa shape index (κ2) is 6.01. The van der Waals surface area contributed by atoms with E-state index in [1.54, 1.807) is 42.2 Å². The number of aryl methyl sites for hydroxylation is 2. The average Bonchev–Trinajstić information content (AvgIpc) is 2.84. The molecule has 0 spiro atoms. The number of anilines is 1. The van der Waals surface area contributed by atoms with Crippen molar-refractivity contribution in [1.82, 2.24) is 9.78 Å². The first-order valence-corrected chi connectivity index (χ1v) is 6.17. The number of hydrogen-bond acceptors (Lipinski definition) is 3. The van der Waals surface area contributed by atoms with Crippen LogP contribution in [0, 0.1) is 0 Å². The van der Waals surface area contributed by atoms with Gasteiger partial charge >= 0.3 is 5.97 Å². The van der Waals surface area contributed by atoms with Crippen molar-refractivity contribution in [1.29, 1.82) is 0 Å². The monoisotopic (exact) mass is 273 g/mol. The van der Waals surface area contributed by atoms with Gasteiger partial charge in [0.25, 0.3) is 5.91 Å². The van der Waals surface area contributed by atoms with Crippen molar-refractivity contribution in [2.24, 2.45) is 7.05 Å². The van der Waals surface area contributed by atoms with Gasteiger partial charge in [-0.3, -0.25) is 14.3 Å². The molecule has 0 fully saturated rings. The summed E-state index contributed by atoms with van der Waals surface area (Å²) in [5, 5.41) is 15.5. The summed E-state index contributed by atoms with van der Waals surface area (Å²) in [7, 11) is 1.73. The number of amides is 1. The molecule has 1 aromatic heterocycles. The predicted molar refractivity (Wildman–Crippen MR) is 73.6 cm³/mol. The molecule has 0 radical (unpaired) electrons. The van der Waals surface area contributed by atoms with Crippen LogP contribution in [-0.2, 0) is 18.3 Å². The molecule has 104 valence electrons. The van der Waals surface area contributed by atoms with Crippen LogP contribution in [0.15, 0.2) is 36.5 Å². The van der Waals surface area contributed by atoms with E-state index >= 15 is 0 Å². The van der Waals surface area contributed by atoms with Crippen LogP contribution in [0.1, 0.15) is 22.5 Å². The minimum atomic E-state index is -0.865. The fourth-order valence-electron chi connectivity index (χ4n) is 1.82. The summed E-state index contributed by atoms with van der Waals surface area (Å²) < 4.78 is 1.55. The second-order valence-electron chi connectivity index (χ2n) is 4.38. The Morgan fingerprint density at radius 3 is 2.70 bits per heavy atom. The topological polar surface area (TPSA) is 84.2 Å². The van der Waals surface area contributed by atoms with E-state index in [9.17, 15) is 9.59 Å². The van der Waals surface area contributed by atoms with E-state index in [1.807, 2.05) is 6.07 Å². The molecule has 0 bridgehead atoms. The SMILES string of the molecule is Cn1ccc(C(=O)Nc2ccccc2CCC(=O)O)n1. The van der Waals surface area contributed by atoms with Crippen molar-refractivity contribution in [3.05, 3.63) is 47.8 Å². The Hall–Kier alpha value is -2.63. The molecular weight excluding hydrogens is 258 g/mol. The molecule has 0 aliphatic heterocycles. The highest BCUT2D eigenvalue weighted by Gasteiger charge is 2.11. The smallest absolute Gasteiger partial charge is 0.303 e. The third kappa shape index (κ3) is 3.44. The first-order chi connectivity index (χ1) is 9.56. The molecule has 0 unspecified atom stereocenters. The van der Waals surface area contributed by atoms with E-state index in [4.69, 9.17) is 5.11 Å². The Balaban J connectivity index is 2.12. The third-order valence-electron chi connectivity index (χ3n) is 2.82. The molecule has 6 heteroatoms. The second-order valence-corrected chi connectivity index (χ2v) is 4.38. The van der Waals surface area contributed by atoms with Gasteiger partial charge in [-0.25, -0.2) is 0 Å². The summed E-state index contributed by atoms with van der Waals surface area (Å²) >= 11 is 0. The molecule has 2 N–H and O–H groups in total. The van der Waals surface area contributed by atoms with Gasteiger partial charge in [-0.2, -0.15) is 5.10 Å². The van der Waals surface area contributed by atoms with Gasteiger partial charge in [0.2, 0.25) is 0 Å². The highest BCUT2D eigenvalue weighted by Crippen LogP contribution is 2.17. The Labute approximate surface area is 116 Å². The van der Waals surface area contributed by atoms with Gasteiger partial charge in [-0.15, -0.1) is 0 Å². The highest BCUT2D eigenvalue weighted by molar-refractivity contribution is 6.03. The summed E-state index contributed by atoms with van der Waals surface area (Å²) in [6.45, 7) is 0. The zero-order chi connectivity index (χ0) is 14.5. The van der Waals surface area contributed by atoms with E-state index in [1.165, 1.54) is 0 Å². The van der Waals surface area contributed by atoms with Crippen LogP contribution in [-0.4, -0.2) is 26.8 Å². The van der Waals surface area contributed by atoms with Crippen molar-refractivity contribution in [2.45, 2.75) is 12.8 Å². The molecule has 0 aliphatic rings. The quantitative estimate of drug-likeness (QED) is 0.868. The van der Waals surface area contributed by atoms with Crippen LogP contribution in [0.5, 0.6) is 0 Å². The number of rotatable bonds is 5. The minimum Gasteiger partial charge on any atom is -0.481 e. The van der Waals surface area contributed by atoms with E-state index in [-0.39, 0.29) is 12.3 Å². The standard InChI is InChI=1S/C14H15N3O3/c1-17-9-8-12(16-17)14(20)15-11-5-3-2-4-10(11)6-7-13(18)19/h2-5,8-9H,6-7H2,1H3,(H,15,20)(H,18,19). The largest absolute Gasteiger partial charge is 0.481 e. The van der Waals surface area contributed by atoms with Crippen LogP contribution in [0.4, 0.5) is 5.69 Å². The number of aliphatic carboxylic acids is 1. The van der Waals surface area contributed by atoms with Crippen molar-refractivity contribution in [3.8, 4) is 0 Å². The molecule has 0 aliphatic carbocycles. The number of carbonyl (C=O) groups excluding carboxylic acids is 1. The van der Waals surface area contributed by atoms with E-state index in [2.05, 4.69) is 10.4 Å². The molecule has 0 atom stereocenters. The maximum absolute atomic E-state index is 12.0. The number of para-hydroxylation sites is 1. The van der Waals surface area contributed by atoms with Gasteiger partial charge in [-0.1, -0.05) is 18.2 Å². The van der Waals surface area contributed by atoms with Gasteiger partial charge in [0, 0.05) is 25.4 Å². The van der Waals surface area contributed by atoms with E-state index < -0.39 is 5.97 Å². The fraction of sp³-hybridized carbons (Fsp3) is 0.214. The molecule has 2 aromatic rings. The fourth-order valence-corrected chi connectivity index (χ4v) is 1.82. The molecule has 20 heavy (non-hydrogen) atoms. The Morgan fingerprint density at radius 1 is 1.30 bits per heavy atom. The lowest BCUT2D eigenvalue weighted by molar-refractivity contribution is -0.136. The predicted octanol–water partition coefficient (Wildman–Crippen LogP) is 1.69. The molecule has 1 heterocycles. The summed E-state index contributed by atoms with van der Waals surface area (Å²) in [5.41, 5.74) is 1.73. The summed E-state index contributed by atoms with van der Waals surface area (Å²) in [6.07, 6.45) is 2.08. The summed E-state index contributed by atoms with van der Waals surface area (Å²) in [6, 6.07) is 8.77. The maximum atomic E-state index is 12.0. The number of nitrogens with zero attached hydrogens (tertiary/aromatic N) is 2. The molecule has 0 saturated heterocycles. The van der Waals surface area contributed by atoms with E-state index in [0.717, 1.165) is 5.56 Å². The zero-order valence-electron chi connectivity index (χ0n) is 11.0. The van der Waals surface area contributed by atoms with E-state index in [0.29, 0.717) is 17.8 Å². The maximum Gasteiger partial charge on any atom is 0.303 e. The van der Waals surface area contributed by atoms with Crippen LogP contribution in [0.3, 0.4) is 0 Å². The van der Waals surface area contributed by atoms with Crippen LogP contribution < -0.4 is 5.32 Å². The van der Waals surface area contributed by atoms with Gasteiger partial charge in [0.15, 0.2) is 5.69 Å². The van der Waals surface area contributed by atoms with Gasteiger partial charge in [-0.05, 0) is 24.1 Å². The van der Waals surface area contributed by atoms with Crippen molar-refractivity contribution < 1.29 is 14.7 Å². The summed E-state index contributed by atoms with van der Waals surface area (Å²) in [5.74, 6) is -1.18. The normalized spacial score (nSPS) is 10.2. The van der Waals surface area contributed by atoms with Crippen LogP contribution >= 0.6 is 0 Å². The van der Waals surface area contributed by atoms with Crippen molar-refractivity contribution >= 4 is 17.6 Å². The van der Waals surface area contributed by atoms with Crippen molar-refractivity contribution in [3.63, 3.8) is 0 Å². The summed E-state index contributed by atoms with van der Waals surface area (Å²) in [4.78, 5) is 22.6. The Morgan fingerprint density at radius 2 is 2.05 bits per heavy atom. The lowest BCUT2D eigenvalue weighted by Crippen LogP contribution is -2.14. The third-order valence-corrected chi connectivity index (χ3v) is 2.82. The van der Waals surface area contributed by atoms with Gasteiger partial charge < -0.3 is 10.4 Å². The molecule has 1 amide bonds. The number of nitrogens with one attached hydrogen (secondary N) is 1. The average molecular weight is 273 g/mol. The highest BCUT2D eigenvalue weighted by atomic mass is 16.4. The lowest BCUT2D eigenvalue weighted by Gasteiger charge is -2.09. The number of carbonyl (C=O) groups is 2. The number of hydrogen-bond donors (Lipinski definition) is 2. The first-order valence-electron chi connectivity index (χ1n) is 6.17.